The van der Waals surface area contributed by atoms with Crippen molar-refractivity contribution in [1.82, 2.24) is 19.4 Å². The molecule has 6 nitrogen and oxygen atoms in total. The minimum atomic E-state index is -0.0601. The summed E-state index contributed by atoms with van der Waals surface area (Å²) in [4.78, 5) is 24.8. The second-order valence-electron chi connectivity index (χ2n) is 5.07. The average Bonchev–Trinajstić information content (AvgIpc) is 2.83. The van der Waals surface area contributed by atoms with Gasteiger partial charge in [0, 0.05) is 45.6 Å². The van der Waals surface area contributed by atoms with Gasteiger partial charge in [0.2, 0.25) is 0 Å². The van der Waals surface area contributed by atoms with Crippen LogP contribution in [0.5, 0.6) is 0 Å². The molecule has 3 heterocycles. The zero-order chi connectivity index (χ0) is 15.7. The molecule has 0 aliphatic carbocycles. The molecule has 0 unspecified atom stereocenters. The fourth-order valence-corrected chi connectivity index (χ4v) is 2.88. The van der Waals surface area contributed by atoms with Crippen LogP contribution in [0.2, 0.25) is 10.2 Å². The lowest BCUT2D eigenvalue weighted by Crippen LogP contribution is -2.49. The minimum absolute atomic E-state index is 0.0601. The summed E-state index contributed by atoms with van der Waals surface area (Å²) in [6.45, 7) is 2.68. The van der Waals surface area contributed by atoms with E-state index in [1.165, 1.54) is 0 Å². The van der Waals surface area contributed by atoms with Crippen molar-refractivity contribution >= 4 is 34.9 Å². The smallest absolute Gasteiger partial charge is 0.270 e. The highest BCUT2D eigenvalue weighted by Crippen LogP contribution is 2.26. The van der Waals surface area contributed by atoms with Crippen LogP contribution < -0.4 is 4.90 Å². The van der Waals surface area contributed by atoms with E-state index in [0.29, 0.717) is 29.0 Å². The third-order valence-corrected chi connectivity index (χ3v) is 4.62. The van der Waals surface area contributed by atoms with Crippen molar-refractivity contribution in [3.8, 4) is 0 Å². The molecule has 3 rings (SSSR count). The van der Waals surface area contributed by atoms with Crippen LogP contribution in [0.25, 0.3) is 0 Å². The summed E-state index contributed by atoms with van der Waals surface area (Å²) >= 11 is 12.0. The van der Waals surface area contributed by atoms with Gasteiger partial charge in [-0.2, -0.15) is 0 Å². The quantitative estimate of drug-likeness (QED) is 0.840. The molecule has 1 aliphatic heterocycles. The first kappa shape index (κ1) is 15.1. The normalized spacial score (nSPS) is 15.2. The Bertz CT molecular complexity index is 680. The highest BCUT2D eigenvalue weighted by atomic mass is 35.5. The maximum Gasteiger partial charge on any atom is 0.270 e. The van der Waals surface area contributed by atoms with E-state index in [2.05, 4.69) is 14.9 Å². The van der Waals surface area contributed by atoms with Gasteiger partial charge in [-0.3, -0.25) is 9.78 Å². The molecule has 0 radical (unpaired) electrons. The fourth-order valence-electron chi connectivity index (χ4n) is 2.50. The predicted octanol–water partition coefficient (Wildman–Crippen LogP) is 2.08. The van der Waals surface area contributed by atoms with E-state index < -0.39 is 0 Å². The van der Waals surface area contributed by atoms with Gasteiger partial charge in [-0.15, -0.1) is 0 Å². The number of carbonyl (C=O) groups excluding carboxylic acids is 1. The Hall–Kier alpha value is -1.79. The van der Waals surface area contributed by atoms with Gasteiger partial charge in [-0.05, 0) is 6.07 Å². The molecule has 0 spiro atoms. The van der Waals surface area contributed by atoms with E-state index in [1.807, 2.05) is 0 Å². The first-order valence-electron chi connectivity index (χ1n) is 6.89. The van der Waals surface area contributed by atoms with E-state index >= 15 is 0 Å². The van der Waals surface area contributed by atoms with E-state index in [4.69, 9.17) is 23.2 Å². The molecule has 0 atom stereocenters. The third kappa shape index (κ3) is 2.76. The molecule has 1 saturated heterocycles. The molecule has 2 aromatic rings. The highest BCUT2D eigenvalue weighted by molar-refractivity contribution is 6.41. The molecule has 116 valence electrons. The highest BCUT2D eigenvalue weighted by Gasteiger charge is 2.25. The van der Waals surface area contributed by atoms with Crippen molar-refractivity contribution in [2.24, 2.45) is 7.05 Å². The van der Waals surface area contributed by atoms with Gasteiger partial charge < -0.3 is 14.4 Å². The summed E-state index contributed by atoms with van der Waals surface area (Å²) in [6.07, 6.45) is 5.04. The lowest BCUT2D eigenvalue weighted by Gasteiger charge is -2.35. The van der Waals surface area contributed by atoms with Crippen molar-refractivity contribution in [3.63, 3.8) is 0 Å². The van der Waals surface area contributed by atoms with E-state index in [1.54, 1.807) is 41.2 Å². The van der Waals surface area contributed by atoms with Crippen molar-refractivity contribution in [3.05, 3.63) is 40.5 Å². The molecule has 1 aliphatic rings. The molecule has 0 bridgehead atoms. The zero-order valence-electron chi connectivity index (χ0n) is 12.0. The molecular formula is C14H15Cl2N5O. The van der Waals surface area contributed by atoms with Gasteiger partial charge in [0.15, 0.2) is 0 Å². The molecule has 0 aromatic carbocycles. The van der Waals surface area contributed by atoms with E-state index in [0.717, 1.165) is 18.9 Å². The average molecular weight is 340 g/mol. The molecule has 0 saturated carbocycles. The summed E-state index contributed by atoms with van der Waals surface area (Å²) in [5.41, 5.74) is 0.503. The number of halogens is 2. The SMILES string of the molecule is Cn1c(C(=O)N2CCN(c3cnccn3)CC2)cc(Cl)c1Cl. The van der Waals surface area contributed by atoms with E-state index in [-0.39, 0.29) is 5.91 Å². The van der Waals surface area contributed by atoms with Crippen LogP contribution in [0.1, 0.15) is 10.5 Å². The van der Waals surface area contributed by atoms with E-state index in [9.17, 15) is 4.79 Å². The summed E-state index contributed by atoms with van der Waals surface area (Å²) in [5, 5.41) is 0.772. The van der Waals surface area contributed by atoms with Gasteiger partial charge in [0.25, 0.3) is 5.91 Å². The molecule has 0 N–H and O–H groups in total. The van der Waals surface area contributed by atoms with Gasteiger partial charge in [0.05, 0.1) is 11.2 Å². The second kappa shape index (κ2) is 6.14. The molecule has 1 fully saturated rings. The van der Waals surface area contributed by atoms with Crippen LogP contribution in [0, 0.1) is 0 Å². The molecule has 22 heavy (non-hydrogen) atoms. The second-order valence-corrected chi connectivity index (χ2v) is 5.84. The van der Waals surface area contributed by atoms with Crippen LogP contribution in [-0.4, -0.2) is 51.5 Å². The molecule has 1 amide bonds. The van der Waals surface area contributed by atoms with Crippen LogP contribution in [0.4, 0.5) is 5.82 Å². The Labute approximate surface area is 138 Å². The minimum Gasteiger partial charge on any atom is -0.352 e. The van der Waals surface area contributed by atoms with Crippen LogP contribution in [-0.2, 0) is 7.05 Å². The Morgan fingerprint density at radius 2 is 1.91 bits per heavy atom. The molecule has 8 heteroatoms. The Morgan fingerprint density at radius 3 is 2.45 bits per heavy atom. The maximum atomic E-state index is 12.6. The van der Waals surface area contributed by atoms with Crippen molar-refractivity contribution in [2.45, 2.75) is 0 Å². The van der Waals surface area contributed by atoms with Crippen molar-refractivity contribution in [1.29, 1.82) is 0 Å². The Morgan fingerprint density at radius 1 is 1.18 bits per heavy atom. The predicted molar refractivity (Wildman–Crippen MR) is 85.6 cm³/mol. The number of carbonyl (C=O) groups is 1. The van der Waals surface area contributed by atoms with Gasteiger partial charge >= 0.3 is 0 Å². The lowest BCUT2D eigenvalue weighted by molar-refractivity contribution is 0.0737. The van der Waals surface area contributed by atoms with Crippen molar-refractivity contribution < 1.29 is 4.79 Å². The van der Waals surface area contributed by atoms with Crippen molar-refractivity contribution in [2.75, 3.05) is 31.1 Å². The maximum absolute atomic E-state index is 12.6. The molecule has 2 aromatic heterocycles. The summed E-state index contributed by atoms with van der Waals surface area (Å²) < 4.78 is 1.61. The first-order valence-corrected chi connectivity index (χ1v) is 7.64. The standard InChI is InChI=1S/C14H15Cl2N5O/c1-19-11(8-10(15)13(19)16)14(22)21-6-4-20(5-7-21)12-9-17-2-3-18-12/h2-3,8-9H,4-7H2,1H3. The van der Waals surface area contributed by atoms with Gasteiger partial charge in [-0.1, -0.05) is 23.2 Å². The summed E-state index contributed by atoms with van der Waals surface area (Å²) in [7, 11) is 1.73. The summed E-state index contributed by atoms with van der Waals surface area (Å²) in [6, 6.07) is 1.61. The van der Waals surface area contributed by atoms with Crippen LogP contribution >= 0.6 is 23.2 Å². The fraction of sp³-hybridized carbons (Fsp3) is 0.357. The number of piperazine rings is 1. The first-order chi connectivity index (χ1) is 10.6. The number of amides is 1. The monoisotopic (exact) mass is 339 g/mol. The largest absolute Gasteiger partial charge is 0.352 e. The number of aromatic nitrogens is 3. The van der Waals surface area contributed by atoms with Gasteiger partial charge in [-0.25, -0.2) is 4.98 Å². The third-order valence-electron chi connectivity index (χ3n) is 3.78. The number of hydrogen-bond donors (Lipinski definition) is 0. The topological polar surface area (TPSA) is 54.3 Å². The lowest BCUT2D eigenvalue weighted by atomic mass is 10.2. The summed E-state index contributed by atoms with van der Waals surface area (Å²) in [5.74, 6) is 0.773. The van der Waals surface area contributed by atoms with Gasteiger partial charge in [0.1, 0.15) is 16.7 Å². The number of hydrogen-bond acceptors (Lipinski definition) is 4. The Kier molecular flexibility index (Phi) is 4.22. The number of rotatable bonds is 2. The van der Waals surface area contributed by atoms with Crippen LogP contribution in [0.15, 0.2) is 24.7 Å². The number of nitrogens with zero attached hydrogens (tertiary/aromatic N) is 5. The number of anilines is 1. The van der Waals surface area contributed by atoms with Crippen LogP contribution in [0.3, 0.4) is 0 Å². The molecular weight excluding hydrogens is 325 g/mol. The Balaban J connectivity index is 1.68. The zero-order valence-corrected chi connectivity index (χ0v) is 13.5.